The van der Waals surface area contributed by atoms with Crippen LogP contribution in [-0.4, -0.2) is 40.6 Å². The average Bonchev–Trinajstić information content (AvgIpc) is 2.05. The third-order valence-electron chi connectivity index (χ3n) is 1.62. The zero-order valence-corrected chi connectivity index (χ0v) is 8.38. The van der Waals surface area contributed by atoms with Crippen LogP contribution in [0.2, 0.25) is 0 Å². The maximum Gasteiger partial charge on any atom is 0.321 e. The molecule has 13 heavy (non-hydrogen) atoms. The van der Waals surface area contributed by atoms with Crippen LogP contribution in [0.5, 0.6) is 0 Å². The highest BCUT2D eigenvalue weighted by atomic mass is 32.2. The summed E-state index contributed by atoms with van der Waals surface area (Å²) in [6.07, 6.45) is 1.20. The molecule has 0 aliphatic heterocycles. The molecule has 0 aliphatic carbocycles. The molecule has 76 valence electrons. The summed E-state index contributed by atoms with van der Waals surface area (Å²) in [5.41, 5.74) is 6.40. The summed E-state index contributed by atoms with van der Waals surface area (Å²) >= 11 is 1.07. The Labute approximate surface area is 81.9 Å². The predicted octanol–water partition coefficient (Wildman–Crippen LogP) is 0.366. The lowest BCUT2D eigenvalue weighted by Crippen LogP contribution is -2.34. The standard InChI is InChI=1S/C7H15N3O2S/c1-10(13-5-9)6(7(11)12)3-2-4-8/h5-6,9H,2-4,8H2,1H3,(H,11,12)/t6-/m0/s1. The molecule has 0 unspecified atom stereocenters. The molecule has 1 atom stereocenters. The molecule has 0 spiro atoms. The van der Waals surface area contributed by atoms with Gasteiger partial charge in [-0.3, -0.25) is 4.79 Å². The number of hydrogen-bond acceptors (Lipinski definition) is 5. The van der Waals surface area contributed by atoms with Crippen LogP contribution in [0.15, 0.2) is 0 Å². The minimum atomic E-state index is -0.870. The van der Waals surface area contributed by atoms with Gasteiger partial charge in [0.1, 0.15) is 6.04 Å². The molecule has 0 heterocycles. The number of hydrogen-bond donors (Lipinski definition) is 3. The van der Waals surface area contributed by atoms with Crippen LogP contribution in [0.1, 0.15) is 12.8 Å². The van der Waals surface area contributed by atoms with Crippen molar-refractivity contribution in [3.8, 4) is 0 Å². The minimum Gasteiger partial charge on any atom is -0.480 e. The van der Waals surface area contributed by atoms with Crippen molar-refractivity contribution in [2.24, 2.45) is 5.73 Å². The van der Waals surface area contributed by atoms with Gasteiger partial charge in [-0.15, -0.1) is 0 Å². The van der Waals surface area contributed by atoms with Gasteiger partial charge >= 0.3 is 5.97 Å². The van der Waals surface area contributed by atoms with Gasteiger partial charge in [0.2, 0.25) is 0 Å². The van der Waals surface area contributed by atoms with E-state index in [4.69, 9.17) is 16.2 Å². The molecule has 0 aliphatic rings. The molecule has 0 aromatic carbocycles. The molecule has 0 radical (unpaired) electrons. The van der Waals surface area contributed by atoms with E-state index in [1.165, 1.54) is 0 Å². The Bertz CT molecular complexity index is 177. The molecule has 0 aromatic rings. The molecular weight excluding hydrogens is 190 g/mol. The first-order valence-corrected chi connectivity index (χ1v) is 4.78. The lowest BCUT2D eigenvalue weighted by atomic mass is 10.1. The first-order valence-electron chi connectivity index (χ1n) is 3.95. The van der Waals surface area contributed by atoms with Gasteiger partial charge in [0.25, 0.3) is 0 Å². The molecule has 0 fully saturated rings. The van der Waals surface area contributed by atoms with E-state index in [1.807, 2.05) is 0 Å². The van der Waals surface area contributed by atoms with Gasteiger partial charge in [0.15, 0.2) is 0 Å². The number of carbonyl (C=O) groups is 1. The Morgan fingerprint density at radius 2 is 2.46 bits per heavy atom. The first kappa shape index (κ1) is 12.4. The largest absolute Gasteiger partial charge is 0.480 e. The van der Waals surface area contributed by atoms with Crippen LogP contribution < -0.4 is 5.73 Å². The van der Waals surface area contributed by atoms with Crippen molar-refractivity contribution in [2.45, 2.75) is 18.9 Å². The van der Waals surface area contributed by atoms with Gasteiger partial charge in [0, 0.05) is 0 Å². The van der Waals surface area contributed by atoms with Crippen LogP contribution in [0.4, 0.5) is 0 Å². The molecular formula is C7H15N3O2S. The maximum atomic E-state index is 10.8. The fourth-order valence-corrected chi connectivity index (χ4v) is 1.44. The Kier molecular flexibility index (Phi) is 6.56. The summed E-state index contributed by atoms with van der Waals surface area (Å²) in [6, 6.07) is -0.560. The number of nitrogens with one attached hydrogen (secondary N) is 1. The number of carboxylic acid groups (broad SMARTS) is 1. The minimum absolute atomic E-state index is 0.493. The van der Waals surface area contributed by atoms with E-state index >= 15 is 0 Å². The van der Waals surface area contributed by atoms with Gasteiger partial charge in [-0.1, -0.05) is 0 Å². The van der Waals surface area contributed by atoms with Crippen LogP contribution >= 0.6 is 11.9 Å². The van der Waals surface area contributed by atoms with Gasteiger partial charge in [-0.2, -0.15) is 0 Å². The number of aliphatic carboxylic acids is 1. The van der Waals surface area contributed by atoms with Gasteiger partial charge in [-0.25, -0.2) is 4.31 Å². The number of rotatable bonds is 7. The van der Waals surface area contributed by atoms with Crippen molar-refractivity contribution >= 4 is 23.5 Å². The van der Waals surface area contributed by atoms with E-state index in [0.29, 0.717) is 19.4 Å². The summed E-state index contributed by atoms with van der Waals surface area (Å²) in [4.78, 5) is 10.8. The van der Waals surface area contributed by atoms with E-state index in [9.17, 15) is 4.79 Å². The SMILES string of the molecule is CN(SC=N)[C@@H](CCCN)C(=O)O. The number of likely N-dealkylation sites (N-methyl/N-ethyl adjacent to an activating group) is 1. The van der Waals surface area contributed by atoms with Crippen molar-refractivity contribution in [2.75, 3.05) is 13.6 Å². The normalized spacial score (nSPS) is 12.8. The Hall–Kier alpha value is -0.590. The van der Waals surface area contributed by atoms with Gasteiger partial charge < -0.3 is 16.2 Å². The topological polar surface area (TPSA) is 90.4 Å². The van der Waals surface area contributed by atoms with E-state index in [0.717, 1.165) is 17.5 Å². The van der Waals surface area contributed by atoms with E-state index in [2.05, 4.69) is 0 Å². The van der Waals surface area contributed by atoms with Crippen LogP contribution in [0.25, 0.3) is 0 Å². The second kappa shape index (κ2) is 6.88. The summed E-state index contributed by atoms with van der Waals surface area (Å²) in [5, 5.41) is 15.6. The van der Waals surface area contributed by atoms with Gasteiger partial charge in [-0.05, 0) is 38.4 Å². The monoisotopic (exact) mass is 205 g/mol. The van der Waals surface area contributed by atoms with E-state index < -0.39 is 12.0 Å². The summed E-state index contributed by atoms with van der Waals surface area (Å²) < 4.78 is 1.55. The summed E-state index contributed by atoms with van der Waals surface area (Å²) in [5.74, 6) is -0.870. The first-order chi connectivity index (χ1) is 6.13. The van der Waals surface area contributed by atoms with Crippen LogP contribution in [0, 0.1) is 5.41 Å². The molecule has 5 nitrogen and oxygen atoms in total. The van der Waals surface area contributed by atoms with Crippen molar-refractivity contribution in [3.63, 3.8) is 0 Å². The molecule has 0 aromatic heterocycles. The van der Waals surface area contributed by atoms with Gasteiger partial charge in [0.05, 0.1) is 5.55 Å². The smallest absolute Gasteiger partial charge is 0.321 e. The average molecular weight is 205 g/mol. The quantitative estimate of drug-likeness (QED) is 0.317. The highest BCUT2D eigenvalue weighted by Gasteiger charge is 2.21. The van der Waals surface area contributed by atoms with E-state index in [1.54, 1.807) is 11.4 Å². The molecule has 4 N–H and O–H groups in total. The zero-order chi connectivity index (χ0) is 10.3. The number of nitrogens with zero attached hydrogens (tertiary/aromatic N) is 1. The fraction of sp³-hybridized carbons (Fsp3) is 0.714. The predicted molar refractivity (Wildman–Crippen MR) is 53.8 cm³/mol. The second-order valence-corrected chi connectivity index (χ2v) is 3.58. The highest BCUT2D eigenvalue weighted by Crippen LogP contribution is 2.13. The Balaban J connectivity index is 4.06. The Morgan fingerprint density at radius 3 is 2.85 bits per heavy atom. The van der Waals surface area contributed by atoms with Crippen molar-refractivity contribution in [1.82, 2.24) is 4.31 Å². The van der Waals surface area contributed by atoms with Crippen molar-refractivity contribution in [1.29, 1.82) is 5.41 Å². The van der Waals surface area contributed by atoms with Crippen LogP contribution in [0.3, 0.4) is 0 Å². The zero-order valence-electron chi connectivity index (χ0n) is 7.56. The van der Waals surface area contributed by atoms with Crippen LogP contribution in [-0.2, 0) is 4.79 Å². The van der Waals surface area contributed by atoms with Crippen molar-refractivity contribution in [3.05, 3.63) is 0 Å². The maximum absolute atomic E-state index is 10.8. The molecule has 6 heteroatoms. The Morgan fingerprint density at radius 1 is 1.85 bits per heavy atom. The van der Waals surface area contributed by atoms with E-state index in [-0.39, 0.29) is 0 Å². The number of nitrogens with two attached hydrogens (primary N) is 1. The summed E-state index contributed by atoms with van der Waals surface area (Å²) in [7, 11) is 1.66. The molecule has 0 saturated heterocycles. The van der Waals surface area contributed by atoms with Crippen molar-refractivity contribution < 1.29 is 9.90 Å². The molecule has 0 rings (SSSR count). The summed E-state index contributed by atoms with van der Waals surface area (Å²) in [6.45, 7) is 0.493. The fourth-order valence-electron chi connectivity index (χ4n) is 0.929. The molecule has 0 amide bonds. The number of carboxylic acids is 1. The third kappa shape index (κ3) is 4.87. The lowest BCUT2D eigenvalue weighted by Gasteiger charge is -2.20. The molecule has 0 saturated carbocycles. The highest BCUT2D eigenvalue weighted by molar-refractivity contribution is 8.09. The third-order valence-corrected chi connectivity index (χ3v) is 2.32. The second-order valence-electron chi connectivity index (χ2n) is 2.55. The lowest BCUT2D eigenvalue weighted by molar-refractivity contribution is -0.141. The molecule has 0 bridgehead atoms.